The third-order valence-electron chi connectivity index (χ3n) is 16.5. The van der Waals surface area contributed by atoms with Crippen molar-refractivity contribution < 1.29 is 33.3 Å². The van der Waals surface area contributed by atoms with Gasteiger partial charge in [-0.2, -0.15) is 0 Å². The zero-order valence-corrected chi connectivity index (χ0v) is 43.8. The number of esters is 1. The van der Waals surface area contributed by atoms with Gasteiger partial charge in [0.05, 0.1) is 61.7 Å². The fourth-order valence-electron chi connectivity index (χ4n) is 11.9. The predicted octanol–water partition coefficient (Wildman–Crippen LogP) is 5.59. The van der Waals surface area contributed by atoms with E-state index in [0.717, 1.165) is 82.5 Å². The Morgan fingerprint density at radius 3 is 2.51 bits per heavy atom. The summed E-state index contributed by atoms with van der Waals surface area (Å²) in [6.45, 7) is 20.3. The van der Waals surface area contributed by atoms with Crippen molar-refractivity contribution in [3.05, 3.63) is 57.7 Å². The first-order chi connectivity index (χ1) is 34.8. The lowest BCUT2D eigenvalue weighted by Crippen LogP contribution is -2.72. The highest BCUT2D eigenvalue weighted by Gasteiger charge is 2.53. The number of amides is 2. The van der Waals surface area contributed by atoms with Crippen LogP contribution >= 0.6 is 11.3 Å². The lowest BCUT2D eigenvalue weighted by molar-refractivity contribution is -0.174. The van der Waals surface area contributed by atoms with Crippen LogP contribution in [-0.4, -0.2) is 161 Å². The molecule has 9 heterocycles. The first-order valence-corrected chi connectivity index (χ1v) is 27.3. The number of hydrogen-bond acceptors (Lipinski definition) is 14. The maximum absolute atomic E-state index is 15.3. The number of carbonyl (C=O) groups excluding carboxylic acids is 3. The number of cyclic esters (lactones) is 1. The average Bonchev–Trinajstić information content (AvgIpc) is 4.05. The average molecular weight is 1000 g/mol. The van der Waals surface area contributed by atoms with Crippen LogP contribution in [0, 0.1) is 29.1 Å². The van der Waals surface area contributed by atoms with Gasteiger partial charge in [0.25, 0.3) is 5.91 Å². The number of hydrazine groups is 1. The van der Waals surface area contributed by atoms with E-state index >= 15 is 4.79 Å². The Hall–Kier alpha value is -4.77. The summed E-state index contributed by atoms with van der Waals surface area (Å²) in [5, 5.41) is 8.63. The molecule has 384 valence electrons. The Morgan fingerprint density at radius 1 is 1.04 bits per heavy atom. The van der Waals surface area contributed by atoms with Gasteiger partial charge in [0.1, 0.15) is 23.2 Å². The topological polar surface area (TPSA) is 156 Å². The summed E-state index contributed by atoms with van der Waals surface area (Å²) >= 11 is 1.49. The summed E-state index contributed by atoms with van der Waals surface area (Å²) < 4.78 is 26.3. The van der Waals surface area contributed by atoms with E-state index in [1.807, 2.05) is 20.0 Å². The minimum Gasteiger partial charge on any atom is -0.464 e. The molecule has 1 aromatic carbocycles. The summed E-state index contributed by atoms with van der Waals surface area (Å²) in [4.78, 5) is 61.6. The highest BCUT2D eigenvalue weighted by molar-refractivity contribution is 7.10. The summed E-state index contributed by atoms with van der Waals surface area (Å²) in [6, 6.07) is 7.11. The number of pyridine rings is 1. The molecule has 7 fully saturated rings. The molecular weight excluding hydrogens is 931 g/mol. The molecule has 0 radical (unpaired) electrons. The molecule has 1 unspecified atom stereocenters. The van der Waals surface area contributed by atoms with Crippen LogP contribution in [0.4, 0.5) is 0 Å². The highest BCUT2D eigenvalue weighted by Crippen LogP contribution is 2.44. The van der Waals surface area contributed by atoms with Crippen LogP contribution in [0.2, 0.25) is 0 Å². The number of morpholine rings is 1. The summed E-state index contributed by atoms with van der Waals surface area (Å²) in [7, 11) is 1.72. The van der Waals surface area contributed by atoms with E-state index in [9.17, 15) is 9.59 Å². The lowest BCUT2D eigenvalue weighted by Gasteiger charge is -2.53. The molecule has 2 aliphatic carbocycles. The second-order valence-electron chi connectivity index (χ2n) is 22.1. The number of thiazole rings is 1. The van der Waals surface area contributed by atoms with Gasteiger partial charge in [-0.05, 0) is 82.6 Å². The van der Waals surface area contributed by atoms with Crippen LogP contribution in [0.1, 0.15) is 101 Å². The third-order valence-corrected chi connectivity index (χ3v) is 17.4. The van der Waals surface area contributed by atoms with Crippen LogP contribution in [-0.2, 0) is 46.3 Å². The molecular formula is C55H71N9O7S. The number of benzene rings is 1. The van der Waals surface area contributed by atoms with E-state index in [1.165, 1.54) is 24.2 Å². The van der Waals surface area contributed by atoms with Crippen LogP contribution in [0.15, 0.2) is 35.8 Å². The van der Waals surface area contributed by atoms with Gasteiger partial charge in [-0.3, -0.25) is 39.1 Å². The minimum atomic E-state index is -1.04. The molecule has 3 aromatic heterocycles. The number of methoxy groups -OCH3 is 1. The second-order valence-corrected chi connectivity index (χ2v) is 23.0. The molecule has 2 N–H and O–H groups in total. The van der Waals surface area contributed by atoms with E-state index < -0.39 is 29.6 Å². The van der Waals surface area contributed by atoms with E-state index in [0.29, 0.717) is 63.7 Å². The normalized spacial score (nSPS) is 29.0. The molecule has 17 heteroatoms. The zero-order chi connectivity index (χ0) is 50.0. The number of nitrogens with zero attached hydrogens (tertiary/aromatic N) is 7. The molecule has 5 saturated heterocycles. The maximum atomic E-state index is 15.3. The van der Waals surface area contributed by atoms with Gasteiger partial charge in [-0.15, -0.1) is 11.3 Å². The fraction of sp³-hybridized carbons (Fsp3) is 0.618. The second kappa shape index (κ2) is 20.2. The Bertz CT molecular complexity index is 2760. The molecule has 16 nitrogen and oxygen atoms in total. The van der Waals surface area contributed by atoms with Crippen molar-refractivity contribution in [1.82, 2.24) is 45.0 Å². The van der Waals surface area contributed by atoms with E-state index in [-0.39, 0.29) is 54.4 Å². The van der Waals surface area contributed by atoms with E-state index in [4.69, 9.17) is 28.9 Å². The van der Waals surface area contributed by atoms with Crippen LogP contribution in [0.25, 0.3) is 33.4 Å². The van der Waals surface area contributed by atoms with Crippen molar-refractivity contribution in [3.8, 4) is 34.4 Å². The monoisotopic (exact) mass is 1000 g/mol. The summed E-state index contributed by atoms with van der Waals surface area (Å²) in [5.41, 5.74) is 10.4. The summed E-state index contributed by atoms with van der Waals surface area (Å²) in [5.74, 6) is 6.14. The van der Waals surface area contributed by atoms with Crippen molar-refractivity contribution in [2.75, 3.05) is 72.8 Å². The molecule has 8 bridgehead atoms. The molecule has 8 aliphatic rings. The number of nitrogens with one attached hydrogen (secondary N) is 2. The minimum absolute atomic E-state index is 0.0138. The van der Waals surface area contributed by atoms with Gasteiger partial charge < -0.3 is 28.8 Å². The standard InChI is InChI=1S/C55H71N9O7S/c1-8-63-44-14-11-36-26-40(44)42(48(63)41-23-35(28-56-45(41)34(4)68-7)10-9-33(3)60-15-17-61(18-16-60)38-12-13-38)27-55(5,6)31-71-54(67)46-37-24-39(25-37)64(59-46)53(66)47(58-51(65)50-32(2)29-70-50)49(52-57-43(36)30-72-52)62-19-21-69-22-20-62/h11,14,23,26,28,30,32-34,37-39,46-47,49-50,59H,8,12-13,15-22,24-25,27,29,31H2,1-7H3,(H,58,65)/t32-,33+,34-,37?,39?,46-,47-,49?,50-/m0/s1. The number of aryl methyl sites for hydroxylation is 1. The van der Waals surface area contributed by atoms with Gasteiger partial charge >= 0.3 is 5.97 Å². The molecule has 2 saturated carbocycles. The van der Waals surface area contributed by atoms with Crippen LogP contribution < -0.4 is 10.7 Å². The largest absolute Gasteiger partial charge is 0.464 e. The van der Waals surface area contributed by atoms with Gasteiger partial charge in [0.15, 0.2) is 0 Å². The lowest BCUT2D eigenvalue weighted by atomic mass is 9.73. The number of ether oxygens (including phenoxy) is 4. The number of aromatic nitrogens is 3. The van der Waals surface area contributed by atoms with Crippen molar-refractivity contribution in [2.45, 2.75) is 129 Å². The molecule has 72 heavy (non-hydrogen) atoms. The number of piperazine rings is 1. The van der Waals surface area contributed by atoms with Crippen molar-refractivity contribution >= 4 is 40.0 Å². The molecule has 2 amide bonds. The Morgan fingerprint density at radius 2 is 1.82 bits per heavy atom. The Balaban J connectivity index is 1.03. The van der Waals surface area contributed by atoms with Crippen molar-refractivity contribution in [3.63, 3.8) is 0 Å². The number of carbonyl (C=O) groups is 3. The molecule has 0 spiro atoms. The first kappa shape index (κ1) is 49.4. The van der Waals surface area contributed by atoms with Gasteiger partial charge in [0, 0.05) is 116 Å². The number of hydrogen-bond donors (Lipinski definition) is 2. The van der Waals surface area contributed by atoms with Gasteiger partial charge in [-0.1, -0.05) is 38.7 Å². The van der Waals surface area contributed by atoms with Gasteiger partial charge in [0.2, 0.25) is 5.91 Å². The zero-order valence-electron chi connectivity index (χ0n) is 42.9. The van der Waals surface area contributed by atoms with Crippen molar-refractivity contribution in [1.29, 1.82) is 0 Å². The first-order valence-electron chi connectivity index (χ1n) is 26.4. The van der Waals surface area contributed by atoms with Crippen molar-refractivity contribution in [2.24, 2.45) is 17.3 Å². The maximum Gasteiger partial charge on any atom is 0.325 e. The highest BCUT2D eigenvalue weighted by atomic mass is 32.1. The Kier molecular flexibility index (Phi) is 13.8. The summed E-state index contributed by atoms with van der Waals surface area (Å²) in [6.07, 6.45) is 5.46. The molecule has 7 atom stereocenters. The number of rotatable bonds is 9. The molecule has 12 rings (SSSR count). The Labute approximate surface area is 427 Å². The third kappa shape index (κ3) is 9.51. The predicted molar refractivity (Wildman–Crippen MR) is 275 cm³/mol. The number of fused-ring (bicyclic) bond motifs is 4. The van der Waals surface area contributed by atoms with Crippen LogP contribution in [0.5, 0.6) is 0 Å². The van der Waals surface area contributed by atoms with Crippen LogP contribution in [0.3, 0.4) is 0 Å². The van der Waals surface area contributed by atoms with E-state index in [1.54, 1.807) is 12.1 Å². The van der Waals surface area contributed by atoms with Gasteiger partial charge in [-0.25, -0.2) is 10.4 Å². The molecule has 4 aromatic rings. The quantitative estimate of drug-likeness (QED) is 0.158. The smallest absolute Gasteiger partial charge is 0.325 e. The fourth-order valence-corrected chi connectivity index (χ4v) is 12.9. The van der Waals surface area contributed by atoms with E-state index in [2.05, 4.69) is 99.2 Å². The molecule has 6 aliphatic heterocycles. The SMILES string of the molecule is CCn1c(-c2cc(C#C[C@@H](C)N3CCN(C4CC4)CC3)cnc2[C@H](C)OC)c2c3cc(ccc31)-c1csc(n1)C(N1CCOCC1)[C@H](NC(=O)[C@H]1OC[C@@H]1C)C(=O)N1N[C@H](C(=O)OCC(C)(C)C2)C2CC1C2.